The fourth-order valence-corrected chi connectivity index (χ4v) is 8.57. The van der Waals surface area contributed by atoms with Gasteiger partial charge in [-0.1, -0.05) is 72.8 Å². The molecule has 0 saturated carbocycles. The minimum Gasteiger partial charge on any atom is -0.496 e. The number of rotatable bonds is 12. The second-order valence-corrected chi connectivity index (χ2v) is 16.6. The van der Waals surface area contributed by atoms with Crippen molar-refractivity contribution in [2.45, 2.75) is 49.5 Å². The summed E-state index contributed by atoms with van der Waals surface area (Å²) in [5.74, 6) is -1.52. The highest BCUT2D eigenvalue weighted by Crippen LogP contribution is 2.41. The average Bonchev–Trinajstić information content (AvgIpc) is 3.59. The van der Waals surface area contributed by atoms with E-state index in [1.54, 1.807) is 105 Å². The van der Waals surface area contributed by atoms with Crippen LogP contribution in [0.3, 0.4) is 0 Å². The van der Waals surface area contributed by atoms with Crippen LogP contribution in [0.2, 0.25) is 0 Å². The minimum atomic E-state index is -0.795. The fourth-order valence-electron chi connectivity index (χ4n) is 6.24. The number of thioether (sulfide) groups is 1. The molecule has 1 atom stereocenters. The lowest BCUT2D eigenvalue weighted by atomic mass is 10.0. The summed E-state index contributed by atoms with van der Waals surface area (Å²) in [6.07, 6.45) is 1.47. The second-order valence-electron chi connectivity index (χ2n) is 14.4. The predicted molar refractivity (Wildman–Crippen MR) is 230 cm³/mol. The molecule has 1 aliphatic heterocycles. The van der Waals surface area contributed by atoms with Crippen molar-refractivity contribution in [2.75, 3.05) is 31.4 Å². The smallest absolute Gasteiger partial charge is 0.410 e. The SMILES string of the molecule is COC(=O)c1c(NC(=O)C(Sc2cccc(NC(=O)/C(=C\c3ccccc3OC)NC(=O)c3ccccc3)c2)c2ccccc2)sc2c1CCN(C(=O)OC(C)(C)C)C2. The zero-order chi connectivity index (χ0) is 42.1. The first-order chi connectivity index (χ1) is 28.3. The molecule has 59 heavy (non-hydrogen) atoms. The molecule has 5 aromatic rings. The van der Waals surface area contributed by atoms with E-state index >= 15 is 0 Å². The van der Waals surface area contributed by atoms with Gasteiger partial charge in [-0.15, -0.1) is 23.1 Å². The van der Waals surface area contributed by atoms with Gasteiger partial charge in [0.15, 0.2) is 0 Å². The van der Waals surface area contributed by atoms with E-state index in [1.165, 1.54) is 37.3 Å². The summed E-state index contributed by atoms with van der Waals surface area (Å²) in [6.45, 7) is 5.96. The van der Waals surface area contributed by atoms with Crippen molar-refractivity contribution in [1.82, 2.24) is 10.2 Å². The van der Waals surface area contributed by atoms with Crippen LogP contribution < -0.4 is 20.7 Å². The van der Waals surface area contributed by atoms with Gasteiger partial charge in [-0.05, 0) is 80.8 Å². The molecule has 0 fully saturated rings. The number of carbonyl (C=O) groups excluding carboxylic acids is 5. The second kappa shape index (κ2) is 18.9. The van der Waals surface area contributed by atoms with Crippen LogP contribution in [-0.2, 0) is 32.0 Å². The van der Waals surface area contributed by atoms with E-state index in [-0.39, 0.29) is 17.8 Å². The summed E-state index contributed by atoms with van der Waals surface area (Å²) in [5.41, 5.74) is 2.38. The maximum Gasteiger partial charge on any atom is 0.410 e. The molecule has 6 rings (SSSR count). The van der Waals surface area contributed by atoms with Gasteiger partial charge < -0.3 is 35.1 Å². The molecule has 0 saturated heterocycles. The maximum atomic E-state index is 14.3. The van der Waals surface area contributed by atoms with Crippen LogP contribution in [0.5, 0.6) is 5.75 Å². The third kappa shape index (κ3) is 10.8. The first kappa shape index (κ1) is 42.2. The maximum absolute atomic E-state index is 14.3. The van der Waals surface area contributed by atoms with Crippen LogP contribution in [0.1, 0.15) is 68.3 Å². The standard InChI is InChI=1S/C45H44N4O8S2/c1-45(2,3)57-44(54)49-24-23-33-36(27-49)59-42(37(33)43(53)56-5)48-41(52)38(28-15-8-6-9-16-28)58-32-21-14-20-31(26-32)46-40(51)34(25-30-19-12-13-22-35(30)55-4)47-39(50)29-17-10-7-11-18-29/h6-22,25-26,38H,23-24,27H2,1-5H3,(H,46,51)(H,47,50)(H,48,52)/b34-25+. The molecule has 3 N–H and O–H groups in total. The number of methoxy groups -OCH3 is 2. The monoisotopic (exact) mass is 832 g/mol. The van der Waals surface area contributed by atoms with Gasteiger partial charge in [0.05, 0.1) is 26.3 Å². The molecule has 4 aromatic carbocycles. The van der Waals surface area contributed by atoms with E-state index in [9.17, 15) is 24.0 Å². The van der Waals surface area contributed by atoms with E-state index in [0.29, 0.717) is 51.0 Å². The van der Waals surface area contributed by atoms with E-state index < -0.39 is 40.6 Å². The van der Waals surface area contributed by atoms with Crippen LogP contribution in [-0.4, -0.2) is 61.0 Å². The number of carbonyl (C=O) groups is 5. The number of nitrogens with zero attached hydrogens (tertiary/aromatic N) is 1. The lowest BCUT2D eigenvalue weighted by molar-refractivity contribution is -0.116. The van der Waals surface area contributed by atoms with Gasteiger partial charge in [-0.3, -0.25) is 14.4 Å². The number of fused-ring (bicyclic) bond motifs is 1. The Morgan fingerprint density at radius 1 is 0.847 bits per heavy atom. The highest BCUT2D eigenvalue weighted by atomic mass is 32.2. The van der Waals surface area contributed by atoms with E-state index in [0.717, 1.165) is 10.4 Å². The average molecular weight is 833 g/mol. The Morgan fingerprint density at radius 2 is 1.54 bits per heavy atom. The van der Waals surface area contributed by atoms with E-state index in [4.69, 9.17) is 14.2 Å². The number of hydrogen-bond acceptors (Lipinski definition) is 10. The van der Waals surface area contributed by atoms with Gasteiger partial charge in [0.25, 0.3) is 11.8 Å². The fraction of sp³-hybridized carbons (Fsp3) is 0.222. The summed E-state index contributed by atoms with van der Waals surface area (Å²) >= 11 is 2.48. The largest absolute Gasteiger partial charge is 0.496 e. The molecule has 304 valence electrons. The number of anilines is 2. The predicted octanol–water partition coefficient (Wildman–Crippen LogP) is 8.72. The molecular formula is C45H44N4O8S2. The number of nitrogens with one attached hydrogen (secondary N) is 3. The van der Waals surface area contributed by atoms with Crippen molar-refractivity contribution in [1.29, 1.82) is 0 Å². The molecule has 0 bridgehead atoms. The molecule has 14 heteroatoms. The van der Waals surface area contributed by atoms with Gasteiger partial charge in [-0.2, -0.15) is 0 Å². The number of esters is 1. The molecule has 1 unspecified atom stereocenters. The summed E-state index contributed by atoms with van der Waals surface area (Å²) in [4.78, 5) is 70.5. The first-order valence-corrected chi connectivity index (χ1v) is 20.4. The normalized spacial score (nSPS) is 13.0. The Hall–Kier alpha value is -6.38. The topological polar surface area (TPSA) is 152 Å². The minimum absolute atomic E-state index is 0.0165. The summed E-state index contributed by atoms with van der Waals surface area (Å²) in [5, 5.41) is 8.18. The number of para-hydroxylation sites is 1. The van der Waals surface area contributed by atoms with Crippen molar-refractivity contribution < 1.29 is 38.2 Å². The molecule has 1 aliphatic rings. The van der Waals surface area contributed by atoms with Crippen molar-refractivity contribution in [2.24, 2.45) is 0 Å². The van der Waals surface area contributed by atoms with Crippen molar-refractivity contribution in [3.8, 4) is 5.75 Å². The number of hydrogen-bond donors (Lipinski definition) is 3. The third-order valence-electron chi connectivity index (χ3n) is 8.99. The Kier molecular flexibility index (Phi) is 13.5. The molecule has 12 nitrogen and oxygen atoms in total. The Labute approximate surface area is 350 Å². The van der Waals surface area contributed by atoms with Gasteiger partial charge in [0.2, 0.25) is 5.91 Å². The highest BCUT2D eigenvalue weighted by molar-refractivity contribution is 8.00. The molecule has 0 radical (unpaired) electrons. The van der Waals surface area contributed by atoms with Crippen LogP contribution in [0.25, 0.3) is 6.08 Å². The number of thiophene rings is 1. The Balaban J connectivity index is 1.25. The van der Waals surface area contributed by atoms with Gasteiger partial charge in [0.1, 0.15) is 27.3 Å². The number of ether oxygens (including phenoxy) is 3. The van der Waals surface area contributed by atoms with Crippen LogP contribution in [0.4, 0.5) is 15.5 Å². The summed E-state index contributed by atoms with van der Waals surface area (Å²) < 4.78 is 16.2. The zero-order valence-corrected chi connectivity index (χ0v) is 34.8. The first-order valence-electron chi connectivity index (χ1n) is 18.7. The highest BCUT2D eigenvalue weighted by Gasteiger charge is 2.34. The van der Waals surface area contributed by atoms with E-state index in [2.05, 4.69) is 16.0 Å². The van der Waals surface area contributed by atoms with Gasteiger partial charge >= 0.3 is 12.1 Å². The molecule has 1 aromatic heterocycles. The van der Waals surface area contributed by atoms with Crippen LogP contribution in [0, 0.1) is 0 Å². The molecular weight excluding hydrogens is 789 g/mol. The molecule has 0 aliphatic carbocycles. The van der Waals surface area contributed by atoms with Gasteiger partial charge in [-0.25, -0.2) is 9.59 Å². The van der Waals surface area contributed by atoms with Crippen LogP contribution in [0.15, 0.2) is 120 Å². The zero-order valence-electron chi connectivity index (χ0n) is 33.2. The van der Waals surface area contributed by atoms with Gasteiger partial charge in [0, 0.05) is 33.1 Å². The molecule has 0 spiro atoms. The Bertz CT molecular complexity index is 2370. The van der Waals surface area contributed by atoms with E-state index in [1.807, 2.05) is 36.4 Å². The quantitative estimate of drug-likeness (QED) is 0.0637. The molecule has 2 heterocycles. The van der Waals surface area contributed by atoms with Crippen molar-refractivity contribution in [3.05, 3.63) is 148 Å². The van der Waals surface area contributed by atoms with Crippen molar-refractivity contribution >= 4 is 69.6 Å². The lowest BCUT2D eigenvalue weighted by Crippen LogP contribution is -2.39. The number of amides is 4. The lowest BCUT2D eigenvalue weighted by Gasteiger charge is -2.30. The molecule has 4 amide bonds. The van der Waals surface area contributed by atoms with Crippen molar-refractivity contribution in [3.63, 3.8) is 0 Å². The third-order valence-corrected chi connectivity index (χ3v) is 11.4. The Morgan fingerprint density at radius 3 is 2.24 bits per heavy atom. The number of benzene rings is 4. The summed E-state index contributed by atoms with van der Waals surface area (Å²) in [7, 11) is 2.81. The summed E-state index contributed by atoms with van der Waals surface area (Å²) in [6, 6.07) is 31.9. The van der Waals surface area contributed by atoms with Crippen LogP contribution >= 0.6 is 23.1 Å².